The summed E-state index contributed by atoms with van der Waals surface area (Å²) in [6, 6.07) is 4.65. The first kappa shape index (κ1) is 18.6. The van der Waals surface area contributed by atoms with E-state index in [1.54, 1.807) is 4.90 Å². The number of hydrogen-bond donors (Lipinski definition) is 0. The second-order valence-corrected chi connectivity index (χ2v) is 9.68. The molecular weight excluding hydrogens is 375 g/mol. The summed E-state index contributed by atoms with van der Waals surface area (Å²) < 4.78 is 61.6. The van der Waals surface area contributed by atoms with Crippen molar-refractivity contribution in [3.8, 4) is 0 Å². The Morgan fingerprint density at radius 1 is 1.20 bits per heavy atom. The molecule has 1 saturated heterocycles. The molecule has 4 nitrogen and oxygen atoms in total. The van der Waals surface area contributed by atoms with Crippen molar-refractivity contribution in [3.63, 3.8) is 0 Å². The number of rotatable bonds is 5. The summed E-state index contributed by atoms with van der Waals surface area (Å²) in [7, 11) is -3.09. The van der Waals surface area contributed by atoms with Crippen molar-refractivity contribution in [1.82, 2.24) is 4.90 Å². The minimum Gasteiger partial charge on any atom is -0.335 e. The number of halogens is 3. The molecule has 1 amide bonds. The molecule has 1 heterocycles. The molecule has 25 heavy (non-hydrogen) atoms. The quantitative estimate of drug-likeness (QED) is 0.722. The first-order valence-corrected chi connectivity index (χ1v) is 10.8. The second kappa shape index (κ2) is 6.83. The Kier molecular flexibility index (Phi) is 5.07. The van der Waals surface area contributed by atoms with Crippen LogP contribution in [0.1, 0.15) is 24.8 Å². The molecular formula is C16H18F3NO3S2. The minimum absolute atomic E-state index is 0.00829. The van der Waals surface area contributed by atoms with Gasteiger partial charge < -0.3 is 4.90 Å². The van der Waals surface area contributed by atoms with E-state index in [4.69, 9.17) is 0 Å². The fourth-order valence-corrected chi connectivity index (χ4v) is 5.57. The maximum Gasteiger partial charge on any atom is 0.416 e. The summed E-state index contributed by atoms with van der Waals surface area (Å²) in [5.41, 5.74) is -0.745. The summed E-state index contributed by atoms with van der Waals surface area (Å²) in [5, 5.41) is 0. The van der Waals surface area contributed by atoms with E-state index in [1.165, 1.54) is 12.1 Å². The van der Waals surface area contributed by atoms with Gasteiger partial charge in [-0.2, -0.15) is 13.2 Å². The van der Waals surface area contributed by atoms with E-state index in [9.17, 15) is 26.4 Å². The van der Waals surface area contributed by atoms with Crippen LogP contribution >= 0.6 is 11.8 Å². The van der Waals surface area contributed by atoms with Crippen molar-refractivity contribution in [2.45, 2.75) is 42.4 Å². The van der Waals surface area contributed by atoms with Crippen LogP contribution < -0.4 is 0 Å². The van der Waals surface area contributed by atoms with Crippen molar-refractivity contribution in [1.29, 1.82) is 0 Å². The van der Waals surface area contributed by atoms with E-state index in [0.29, 0.717) is 11.3 Å². The Hall–Kier alpha value is -1.22. The number of nitrogens with zero attached hydrogens (tertiary/aromatic N) is 1. The molecule has 1 aromatic rings. The molecule has 0 N–H and O–H groups in total. The van der Waals surface area contributed by atoms with Gasteiger partial charge in [0.25, 0.3) is 0 Å². The SMILES string of the molecule is O=C(CSc1cccc(C(F)(F)F)c1)N(C1CC1)C1CCS(=O)(=O)C1. The monoisotopic (exact) mass is 393 g/mol. The summed E-state index contributed by atoms with van der Waals surface area (Å²) in [6.45, 7) is 0. The first-order chi connectivity index (χ1) is 11.7. The highest BCUT2D eigenvalue weighted by Gasteiger charge is 2.41. The van der Waals surface area contributed by atoms with Gasteiger partial charge in [-0.05, 0) is 37.5 Å². The van der Waals surface area contributed by atoms with Crippen LogP contribution in [0.2, 0.25) is 0 Å². The van der Waals surface area contributed by atoms with E-state index in [1.807, 2.05) is 0 Å². The van der Waals surface area contributed by atoms with E-state index < -0.39 is 21.6 Å². The van der Waals surface area contributed by atoms with E-state index in [2.05, 4.69) is 0 Å². The largest absolute Gasteiger partial charge is 0.416 e. The van der Waals surface area contributed by atoms with Crippen LogP contribution in [0.5, 0.6) is 0 Å². The van der Waals surface area contributed by atoms with Crippen LogP contribution in [-0.2, 0) is 20.8 Å². The Bertz CT molecular complexity index is 760. The lowest BCUT2D eigenvalue weighted by Gasteiger charge is -2.28. The van der Waals surface area contributed by atoms with Crippen LogP contribution in [0.3, 0.4) is 0 Å². The zero-order chi connectivity index (χ0) is 18.2. The lowest BCUT2D eigenvalue weighted by atomic mass is 10.2. The second-order valence-electron chi connectivity index (χ2n) is 6.40. The first-order valence-electron chi connectivity index (χ1n) is 7.97. The highest BCUT2D eigenvalue weighted by molar-refractivity contribution is 8.00. The molecule has 1 aromatic carbocycles. The number of benzene rings is 1. The van der Waals surface area contributed by atoms with Gasteiger partial charge in [-0.3, -0.25) is 4.79 Å². The summed E-state index contributed by atoms with van der Waals surface area (Å²) in [4.78, 5) is 14.6. The zero-order valence-corrected chi connectivity index (χ0v) is 15.0. The van der Waals surface area contributed by atoms with Crippen molar-refractivity contribution in [2.24, 2.45) is 0 Å². The van der Waals surface area contributed by atoms with Gasteiger partial charge in [-0.25, -0.2) is 8.42 Å². The van der Waals surface area contributed by atoms with Crippen LogP contribution in [0, 0.1) is 0 Å². The molecule has 0 radical (unpaired) electrons. The standard InChI is InChI=1S/C16H18F3NO3S2/c17-16(18,19)11-2-1-3-14(8-11)24-9-15(21)20(12-4-5-12)13-6-7-25(22,23)10-13/h1-3,8,12-13H,4-7,9-10H2. The lowest BCUT2D eigenvalue weighted by Crippen LogP contribution is -2.43. The number of alkyl halides is 3. The van der Waals surface area contributed by atoms with Crippen molar-refractivity contribution in [3.05, 3.63) is 29.8 Å². The van der Waals surface area contributed by atoms with Gasteiger partial charge >= 0.3 is 6.18 Å². The molecule has 0 aromatic heterocycles. The van der Waals surface area contributed by atoms with Crippen LogP contribution in [0.25, 0.3) is 0 Å². The van der Waals surface area contributed by atoms with Gasteiger partial charge in [0.05, 0.1) is 22.8 Å². The number of thioether (sulfide) groups is 1. The maximum absolute atomic E-state index is 12.7. The molecule has 1 unspecified atom stereocenters. The van der Waals surface area contributed by atoms with E-state index >= 15 is 0 Å². The predicted molar refractivity (Wildman–Crippen MR) is 89.1 cm³/mol. The summed E-state index contributed by atoms with van der Waals surface area (Å²) >= 11 is 1.05. The van der Waals surface area contributed by atoms with Gasteiger partial charge in [0.1, 0.15) is 0 Å². The molecule has 1 atom stereocenters. The van der Waals surface area contributed by atoms with Crippen LogP contribution in [0.4, 0.5) is 13.2 Å². The number of sulfone groups is 1. The molecule has 0 spiro atoms. The fraction of sp³-hybridized carbons (Fsp3) is 0.562. The topological polar surface area (TPSA) is 54.5 Å². The molecule has 1 aliphatic carbocycles. The Morgan fingerprint density at radius 2 is 1.92 bits per heavy atom. The van der Waals surface area contributed by atoms with Gasteiger partial charge in [0.2, 0.25) is 5.91 Å². The van der Waals surface area contributed by atoms with Gasteiger partial charge in [0, 0.05) is 17.0 Å². The zero-order valence-electron chi connectivity index (χ0n) is 13.3. The smallest absolute Gasteiger partial charge is 0.335 e. The normalized spacial score (nSPS) is 22.8. The number of carbonyl (C=O) groups excluding carboxylic acids is 1. The Labute approximate surface area is 148 Å². The van der Waals surface area contributed by atoms with Gasteiger partial charge in [-0.15, -0.1) is 11.8 Å². The average Bonchev–Trinajstić information content (AvgIpc) is 3.28. The summed E-state index contributed by atoms with van der Waals surface area (Å²) in [5.74, 6) is -0.112. The van der Waals surface area contributed by atoms with E-state index in [0.717, 1.165) is 36.7 Å². The van der Waals surface area contributed by atoms with Gasteiger partial charge in [-0.1, -0.05) is 6.07 Å². The van der Waals surface area contributed by atoms with Crippen molar-refractivity contribution >= 4 is 27.5 Å². The highest BCUT2D eigenvalue weighted by atomic mass is 32.2. The third-order valence-corrected chi connectivity index (χ3v) is 7.08. The Balaban J connectivity index is 1.65. The molecule has 138 valence electrons. The van der Waals surface area contributed by atoms with E-state index in [-0.39, 0.29) is 35.2 Å². The molecule has 2 fully saturated rings. The third-order valence-electron chi connectivity index (χ3n) is 4.35. The van der Waals surface area contributed by atoms with Crippen molar-refractivity contribution < 1.29 is 26.4 Å². The number of hydrogen-bond acceptors (Lipinski definition) is 4. The third kappa shape index (κ3) is 4.69. The minimum atomic E-state index is -4.42. The molecule has 3 rings (SSSR count). The van der Waals surface area contributed by atoms with Crippen LogP contribution in [0.15, 0.2) is 29.2 Å². The summed E-state index contributed by atoms with van der Waals surface area (Å²) in [6.07, 6.45) is -2.26. The molecule has 9 heteroatoms. The predicted octanol–water partition coefficient (Wildman–Crippen LogP) is 2.98. The van der Waals surface area contributed by atoms with Gasteiger partial charge in [0.15, 0.2) is 9.84 Å². The lowest BCUT2D eigenvalue weighted by molar-refractivity contribution is -0.137. The average molecular weight is 393 g/mol. The van der Waals surface area contributed by atoms with Crippen molar-refractivity contribution in [2.75, 3.05) is 17.3 Å². The highest BCUT2D eigenvalue weighted by Crippen LogP contribution is 2.34. The number of amides is 1. The number of carbonyl (C=O) groups is 1. The molecule has 2 aliphatic rings. The Morgan fingerprint density at radius 3 is 2.48 bits per heavy atom. The molecule has 1 aliphatic heterocycles. The molecule has 0 bridgehead atoms. The maximum atomic E-state index is 12.7. The van der Waals surface area contributed by atoms with Crippen LogP contribution in [-0.4, -0.2) is 48.6 Å². The molecule has 1 saturated carbocycles. The fourth-order valence-electron chi connectivity index (χ4n) is 3.03.